The summed E-state index contributed by atoms with van der Waals surface area (Å²) in [6.45, 7) is 0. The molecule has 0 rings (SSSR count). The van der Waals surface area contributed by atoms with E-state index >= 15 is 0 Å². The van der Waals surface area contributed by atoms with Crippen molar-refractivity contribution >= 4 is 32.4 Å². The molecule has 0 bridgehead atoms. The first-order valence-corrected chi connectivity index (χ1v) is 3.42. The van der Waals surface area contributed by atoms with Gasteiger partial charge in [-0.3, -0.25) is 0 Å². The molecule has 0 aromatic rings. The normalized spacial score (nSPS) is 1.50. The molecule has 0 aromatic heterocycles. The molecule has 40 valence electrons. The third-order valence-corrected chi connectivity index (χ3v) is 0. The predicted molar refractivity (Wildman–Crippen MR) is 17.0 cm³/mol. The average Bonchev–Trinajstić information content (AvgIpc) is 2.03. The monoisotopic (exact) mass is 216 g/mol. The summed E-state index contributed by atoms with van der Waals surface area (Å²) in [5, 5.41) is 0. The van der Waals surface area contributed by atoms with Gasteiger partial charge >= 0.3 is 87.5 Å². The Morgan fingerprint density at radius 3 is 0.625 bits per heavy atom. The average molecular weight is 216 g/mol. The van der Waals surface area contributed by atoms with Gasteiger partial charge in [-0.2, -0.15) is 0 Å². The Balaban J connectivity index is -0.0000000133. The molecule has 4 nitrogen and oxygen atoms in total. The van der Waals surface area contributed by atoms with Crippen LogP contribution in [0, 0.1) is 0 Å². The van der Waals surface area contributed by atoms with Crippen molar-refractivity contribution in [2.75, 3.05) is 0 Å². The van der Waals surface area contributed by atoms with E-state index in [0.717, 1.165) is 40.8 Å². The first-order chi connectivity index (χ1) is 4.00. The zero-order valence-electron chi connectivity index (χ0n) is 4.05. The van der Waals surface area contributed by atoms with E-state index in [-0.39, 0.29) is 0 Å². The summed E-state index contributed by atoms with van der Waals surface area (Å²) >= 11 is 2.72. The Morgan fingerprint density at radius 2 is 0.625 bits per heavy atom. The minimum absolute atomic E-state index is 0.611. The van der Waals surface area contributed by atoms with Crippen molar-refractivity contribution < 1.29 is 55.1 Å². The van der Waals surface area contributed by atoms with E-state index < -0.39 is 0 Å². The van der Waals surface area contributed by atoms with Crippen LogP contribution in [-0.2, 0) is 55.1 Å². The maximum absolute atomic E-state index is 8.28. The van der Waals surface area contributed by atoms with Crippen LogP contribution in [0.3, 0.4) is 0 Å². The Labute approximate surface area is 86.5 Å². The van der Waals surface area contributed by atoms with Crippen molar-refractivity contribution in [3.05, 3.63) is 0 Å². The maximum atomic E-state index is 8.28. The second-order valence-electron chi connectivity index (χ2n) is 0. The van der Waals surface area contributed by atoms with Crippen LogP contribution in [0.1, 0.15) is 0 Å². The van der Waals surface area contributed by atoms with Crippen LogP contribution in [0.2, 0.25) is 0 Å². The van der Waals surface area contributed by atoms with E-state index in [1.807, 2.05) is 0 Å². The standard InChI is InChI=1S/2Al.4O.2Ti.2H. The second-order valence-corrected chi connectivity index (χ2v) is 0. The number of hydrogen-bond acceptors (Lipinski definition) is 4. The summed E-state index contributed by atoms with van der Waals surface area (Å²) in [4.78, 5) is 0. The molecule has 0 aromatic carbocycles. The van der Waals surface area contributed by atoms with Crippen LogP contribution >= 0.6 is 0 Å². The molecule has 0 N–H and O–H groups in total. The molecule has 0 aliphatic heterocycles. The molecule has 8 heteroatoms. The molecule has 0 aliphatic rings. The summed E-state index contributed by atoms with van der Waals surface area (Å²) < 4.78 is 33.1. The molecule has 0 saturated heterocycles. The van der Waals surface area contributed by atoms with E-state index in [9.17, 15) is 0 Å². The summed E-state index contributed by atoms with van der Waals surface area (Å²) in [7, 11) is 0. The topological polar surface area (TPSA) is 68.3 Å². The predicted octanol–water partition coefficient (Wildman–Crippen LogP) is -1.78. The van der Waals surface area contributed by atoms with Gasteiger partial charge in [0.05, 0.1) is 0 Å². The van der Waals surface area contributed by atoms with Crippen molar-refractivity contribution in [2.45, 2.75) is 0 Å². The number of rotatable bonds is 0. The SMILES string of the molecule is [O]=[AlH].[O]=[AlH].[O]=[Ti].[O]=[Ti]. The zero-order chi connectivity index (χ0) is 8.00. The zero-order valence-corrected chi connectivity index (χ0v) is 10.00. The molecule has 0 heterocycles. The molecule has 8 heavy (non-hydrogen) atoms. The van der Waals surface area contributed by atoms with Crippen LogP contribution < -0.4 is 0 Å². The van der Waals surface area contributed by atoms with Crippen molar-refractivity contribution in [1.29, 1.82) is 0 Å². The van der Waals surface area contributed by atoms with Crippen molar-refractivity contribution in [3.63, 3.8) is 0 Å². The first-order valence-electron chi connectivity index (χ1n) is 0.986. The fourth-order valence-corrected chi connectivity index (χ4v) is 0. The third kappa shape index (κ3) is 120. The van der Waals surface area contributed by atoms with Crippen molar-refractivity contribution in [1.82, 2.24) is 0 Å². The third-order valence-electron chi connectivity index (χ3n) is 0. The van der Waals surface area contributed by atoms with E-state index in [1.54, 1.807) is 0 Å². The molecule has 0 saturated carbocycles. The fourth-order valence-electron chi connectivity index (χ4n) is 0. The summed E-state index contributed by atoms with van der Waals surface area (Å²) in [6, 6.07) is 0. The van der Waals surface area contributed by atoms with Crippen LogP contribution in [0.5, 0.6) is 0 Å². The second kappa shape index (κ2) is 179. The van der Waals surface area contributed by atoms with E-state index in [1.165, 1.54) is 0 Å². The van der Waals surface area contributed by atoms with Gasteiger partial charge in [0.15, 0.2) is 0 Å². The van der Waals surface area contributed by atoms with Gasteiger partial charge in [-0.05, 0) is 0 Å². The Bertz CT molecular complexity index is 20.0. The van der Waals surface area contributed by atoms with Gasteiger partial charge in [0.1, 0.15) is 0 Å². The molecular formula is H2Al2O4Ti2. The Hall–Kier alpha value is 1.69. The van der Waals surface area contributed by atoms with E-state index in [4.69, 9.17) is 14.3 Å². The van der Waals surface area contributed by atoms with Gasteiger partial charge in [-0.25, -0.2) is 0 Å². The summed E-state index contributed by atoms with van der Waals surface area (Å²) in [6.07, 6.45) is 0. The summed E-state index contributed by atoms with van der Waals surface area (Å²) in [5.74, 6) is 0. The van der Waals surface area contributed by atoms with Crippen molar-refractivity contribution in [3.8, 4) is 0 Å². The van der Waals surface area contributed by atoms with Gasteiger partial charge in [0.25, 0.3) is 0 Å². The van der Waals surface area contributed by atoms with Crippen LogP contribution in [0.4, 0.5) is 0 Å². The van der Waals surface area contributed by atoms with Crippen molar-refractivity contribution in [2.24, 2.45) is 0 Å². The molecule has 0 spiro atoms. The van der Waals surface area contributed by atoms with Crippen LogP contribution in [0.25, 0.3) is 0 Å². The molecule has 0 aliphatic carbocycles. The fraction of sp³-hybridized carbons (Fsp3) is 0. The minimum atomic E-state index is 0.611. The Morgan fingerprint density at radius 1 is 0.625 bits per heavy atom. The molecule has 0 amide bonds. The molecule has 0 unspecified atom stereocenters. The molecule has 0 fully saturated rings. The number of hydrogen-bond donors (Lipinski definition) is 0. The molecule has 0 atom stereocenters. The first kappa shape index (κ1) is 22.6. The summed E-state index contributed by atoms with van der Waals surface area (Å²) in [5.41, 5.74) is 0. The quantitative estimate of drug-likeness (QED) is 0.449. The van der Waals surface area contributed by atoms with Crippen LogP contribution in [0.15, 0.2) is 0 Å². The van der Waals surface area contributed by atoms with Gasteiger partial charge in [0.2, 0.25) is 0 Å². The van der Waals surface area contributed by atoms with Gasteiger partial charge in [0, 0.05) is 0 Å². The van der Waals surface area contributed by atoms with Crippen LogP contribution in [-0.4, -0.2) is 32.4 Å². The van der Waals surface area contributed by atoms with E-state index in [0.29, 0.717) is 32.4 Å². The van der Waals surface area contributed by atoms with Gasteiger partial charge in [-0.15, -0.1) is 0 Å². The van der Waals surface area contributed by atoms with Gasteiger partial charge in [-0.1, -0.05) is 0 Å². The van der Waals surface area contributed by atoms with E-state index in [2.05, 4.69) is 0 Å². The molecular weight excluding hydrogens is 214 g/mol. The van der Waals surface area contributed by atoms with Gasteiger partial charge < -0.3 is 0 Å². The Kier molecular flexibility index (Phi) is 507. The molecule has 0 radical (unpaired) electrons.